The highest BCUT2D eigenvalue weighted by Crippen LogP contribution is 2.31. The van der Waals surface area contributed by atoms with Crippen LogP contribution in [-0.4, -0.2) is 36.4 Å². The Morgan fingerprint density at radius 2 is 1.79 bits per heavy atom. The van der Waals surface area contributed by atoms with Crippen molar-refractivity contribution in [3.05, 3.63) is 76.6 Å². The Labute approximate surface area is 193 Å². The van der Waals surface area contributed by atoms with Crippen LogP contribution in [0.15, 0.2) is 47.4 Å². The summed E-state index contributed by atoms with van der Waals surface area (Å²) in [5.41, 5.74) is -0.0512. The van der Waals surface area contributed by atoms with Crippen molar-refractivity contribution in [3.8, 4) is 5.69 Å². The number of hydrogen-bond donors (Lipinski definition) is 2. The first-order valence-electron chi connectivity index (χ1n) is 10.1. The Morgan fingerprint density at radius 3 is 2.35 bits per heavy atom. The number of aliphatic hydroxyl groups is 1. The van der Waals surface area contributed by atoms with Gasteiger partial charge in [0.15, 0.2) is 9.84 Å². The third-order valence-corrected chi connectivity index (χ3v) is 6.26. The molecule has 34 heavy (non-hydrogen) atoms. The molecule has 1 amide bonds. The number of rotatable bonds is 7. The van der Waals surface area contributed by atoms with Crippen LogP contribution in [0.5, 0.6) is 0 Å². The monoisotopic (exact) mass is 498 g/mol. The smallest absolute Gasteiger partial charge is 0.265 e. The standard InChI is InChI=1S/C23H22F4N2O4S/c1-12(30)8-16-11-17(13(2)29(16)20-6-4-14(24)9-18(20)22(26)27)23(31)28-15-5-7-21(19(25)10-15)34(3,32)33/h4-7,9-12,22,30H,8H2,1-3H3,(H,28,31). The number of amides is 1. The molecule has 2 N–H and O–H groups in total. The maximum atomic E-state index is 14.2. The van der Waals surface area contributed by atoms with Crippen molar-refractivity contribution < 1.29 is 35.9 Å². The number of aliphatic hydroxyl groups excluding tert-OH is 1. The lowest BCUT2D eigenvalue weighted by atomic mass is 10.1. The molecule has 0 aliphatic rings. The van der Waals surface area contributed by atoms with Crippen LogP contribution in [0.3, 0.4) is 0 Å². The van der Waals surface area contributed by atoms with E-state index in [2.05, 4.69) is 5.32 Å². The molecule has 0 aliphatic carbocycles. The van der Waals surface area contributed by atoms with Gasteiger partial charge in [-0.15, -0.1) is 0 Å². The summed E-state index contributed by atoms with van der Waals surface area (Å²) in [7, 11) is -3.80. The summed E-state index contributed by atoms with van der Waals surface area (Å²) in [4.78, 5) is 12.4. The number of alkyl halides is 2. The average molecular weight is 498 g/mol. The summed E-state index contributed by atoms with van der Waals surface area (Å²) >= 11 is 0. The second kappa shape index (κ2) is 9.59. The third-order valence-electron chi connectivity index (χ3n) is 5.13. The number of carbonyl (C=O) groups excluding carboxylic acids is 1. The van der Waals surface area contributed by atoms with Crippen LogP contribution in [-0.2, 0) is 16.3 Å². The SMILES string of the molecule is Cc1c(C(=O)Nc2ccc(S(C)(=O)=O)c(F)c2)cc(CC(C)O)n1-c1ccc(F)cc1C(F)F. The second-order valence-electron chi connectivity index (χ2n) is 7.90. The molecule has 0 spiro atoms. The molecule has 3 rings (SSSR count). The van der Waals surface area contributed by atoms with Gasteiger partial charge in [0.1, 0.15) is 16.5 Å². The zero-order valence-electron chi connectivity index (χ0n) is 18.4. The van der Waals surface area contributed by atoms with Gasteiger partial charge in [-0.1, -0.05) is 0 Å². The minimum Gasteiger partial charge on any atom is -0.393 e. The number of nitrogens with one attached hydrogen (secondary N) is 1. The van der Waals surface area contributed by atoms with Crippen molar-refractivity contribution in [1.29, 1.82) is 0 Å². The van der Waals surface area contributed by atoms with E-state index in [1.54, 1.807) is 0 Å². The van der Waals surface area contributed by atoms with Crippen molar-refractivity contribution in [1.82, 2.24) is 4.57 Å². The van der Waals surface area contributed by atoms with Crippen molar-refractivity contribution in [3.63, 3.8) is 0 Å². The van der Waals surface area contributed by atoms with Crippen LogP contribution < -0.4 is 5.32 Å². The Balaban J connectivity index is 2.07. The second-order valence-corrected chi connectivity index (χ2v) is 9.88. The number of benzene rings is 2. The zero-order chi connectivity index (χ0) is 25.4. The Hall–Kier alpha value is -3.18. The van der Waals surface area contributed by atoms with E-state index in [1.165, 1.54) is 30.5 Å². The highest BCUT2D eigenvalue weighted by molar-refractivity contribution is 7.90. The van der Waals surface area contributed by atoms with E-state index >= 15 is 0 Å². The van der Waals surface area contributed by atoms with Crippen LogP contribution in [0.4, 0.5) is 23.2 Å². The fraction of sp³-hybridized carbons (Fsp3) is 0.261. The molecule has 1 heterocycles. The van der Waals surface area contributed by atoms with Crippen molar-refractivity contribution in [2.75, 3.05) is 11.6 Å². The van der Waals surface area contributed by atoms with Crippen LogP contribution >= 0.6 is 0 Å². The first-order valence-corrected chi connectivity index (χ1v) is 12.0. The molecule has 1 atom stereocenters. The molecule has 6 nitrogen and oxygen atoms in total. The van der Waals surface area contributed by atoms with Gasteiger partial charge >= 0.3 is 0 Å². The van der Waals surface area contributed by atoms with Gasteiger partial charge in [-0.25, -0.2) is 26.0 Å². The Morgan fingerprint density at radius 1 is 1.12 bits per heavy atom. The molecule has 0 saturated heterocycles. The molecular formula is C23H22F4N2O4S. The van der Waals surface area contributed by atoms with Crippen molar-refractivity contribution >= 4 is 21.4 Å². The van der Waals surface area contributed by atoms with Gasteiger partial charge < -0.3 is 15.0 Å². The maximum absolute atomic E-state index is 14.2. The number of anilines is 1. The lowest BCUT2D eigenvalue weighted by Crippen LogP contribution is -2.14. The minimum atomic E-state index is -3.80. The van der Waals surface area contributed by atoms with Crippen LogP contribution in [0.2, 0.25) is 0 Å². The lowest BCUT2D eigenvalue weighted by molar-refractivity contribution is 0.102. The molecular weight excluding hydrogens is 476 g/mol. The van der Waals surface area contributed by atoms with E-state index in [0.29, 0.717) is 11.8 Å². The van der Waals surface area contributed by atoms with Gasteiger partial charge in [-0.2, -0.15) is 0 Å². The van der Waals surface area contributed by atoms with E-state index < -0.39 is 50.4 Å². The summed E-state index contributed by atoms with van der Waals surface area (Å²) in [6, 6.07) is 7.37. The van der Waals surface area contributed by atoms with E-state index in [4.69, 9.17) is 0 Å². The van der Waals surface area contributed by atoms with E-state index in [-0.39, 0.29) is 29.1 Å². The van der Waals surface area contributed by atoms with Crippen LogP contribution in [0.25, 0.3) is 5.69 Å². The van der Waals surface area contributed by atoms with Gasteiger partial charge in [0.2, 0.25) is 0 Å². The number of hydrogen-bond acceptors (Lipinski definition) is 4. The van der Waals surface area contributed by atoms with Gasteiger partial charge in [0.05, 0.1) is 17.4 Å². The maximum Gasteiger partial charge on any atom is 0.265 e. The molecule has 0 aliphatic heterocycles. The number of sulfone groups is 1. The molecule has 0 saturated carbocycles. The molecule has 1 unspecified atom stereocenters. The lowest BCUT2D eigenvalue weighted by Gasteiger charge is -2.17. The molecule has 0 radical (unpaired) electrons. The van der Waals surface area contributed by atoms with E-state index in [0.717, 1.165) is 30.5 Å². The molecule has 0 bridgehead atoms. The largest absolute Gasteiger partial charge is 0.393 e. The molecule has 2 aromatic carbocycles. The fourth-order valence-electron chi connectivity index (χ4n) is 3.67. The molecule has 11 heteroatoms. The zero-order valence-corrected chi connectivity index (χ0v) is 19.3. The van der Waals surface area contributed by atoms with Crippen molar-refractivity contribution in [2.24, 2.45) is 0 Å². The summed E-state index contributed by atoms with van der Waals surface area (Å²) in [5.74, 6) is -2.61. The highest BCUT2D eigenvalue weighted by Gasteiger charge is 2.24. The first kappa shape index (κ1) is 25.4. The Bertz CT molecular complexity index is 1350. The van der Waals surface area contributed by atoms with E-state index in [1.807, 2.05) is 0 Å². The number of carbonyl (C=O) groups is 1. The molecule has 1 aromatic heterocycles. The van der Waals surface area contributed by atoms with Crippen molar-refractivity contribution in [2.45, 2.75) is 37.7 Å². The summed E-state index contributed by atoms with van der Waals surface area (Å²) in [6.07, 6.45) is -3.02. The minimum absolute atomic E-state index is 0.00581. The number of aromatic nitrogens is 1. The summed E-state index contributed by atoms with van der Waals surface area (Å²) in [6.45, 7) is 2.98. The number of nitrogens with zero attached hydrogens (tertiary/aromatic N) is 1. The first-order chi connectivity index (χ1) is 15.8. The Kier molecular flexibility index (Phi) is 7.18. The van der Waals surface area contributed by atoms with Crippen LogP contribution in [0.1, 0.15) is 40.7 Å². The molecule has 3 aromatic rings. The summed E-state index contributed by atoms with van der Waals surface area (Å²) in [5, 5.41) is 12.3. The predicted octanol–water partition coefficient (Wildman–Crippen LogP) is 4.58. The third kappa shape index (κ3) is 5.31. The topological polar surface area (TPSA) is 88.4 Å². The molecule has 0 fully saturated rings. The summed E-state index contributed by atoms with van der Waals surface area (Å²) < 4.78 is 79.6. The molecule has 182 valence electrons. The van der Waals surface area contributed by atoms with Gasteiger partial charge in [0.25, 0.3) is 12.3 Å². The predicted molar refractivity (Wildman–Crippen MR) is 118 cm³/mol. The van der Waals surface area contributed by atoms with Gasteiger partial charge in [-0.3, -0.25) is 4.79 Å². The van der Waals surface area contributed by atoms with Gasteiger partial charge in [-0.05, 0) is 56.3 Å². The fourth-order valence-corrected chi connectivity index (χ4v) is 4.40. The normalized spacial score (nSPS) is 12.7. The van der Waals surface area contributed by atoms with Crippen LogP contribution in [0, 0.1) is 18.6 Å². The van der Waals surface area contributed by atoms with Gasteiger partial charge in [0, 0.05) is 35.3 Å². The average Bonchev–Trinajstić information content (AvgIpc) is 3.02. The number of halogens is 4. The highest BCUT2D eigenvalue weighted by atomic mass is 32.2. The van der Waals surface area contributed by atoms with E-state index in [9.17, 15) is 35.9 Å². The quantitative estimate of drug-likeness (QED) is 0.467.